The summed E-state index contributed by atoms with van der Waals surface area (Å²) < 4.78 is 60.2. The number of alkyl halides is 3. The molecule has 0 heterocycles. The van der Waals surface area contributed by atoms with Crippen LogP contribution in [0.1, 0.15) is 18.1 Å². The minimum absolute atomic E-state index is 0.00510. The second-order valence-corrected chi connectivity index (χ2v) is 6.51. The number of halogens is 3. The molecule has 110 valence electrons. The van der Waals surface area contributed by atoms with Crippen LogP contribution in [0.15, 0.2) is 18.2 Å². The summed E-state index contributed by atoms with van der Waals surface area (Å²) in [6.07, 6.45) is -4.59. The summed E-state index contributed by atoms with van der Waals surface area (Å²) in [6, 6.07) is 4.51. The van der Waals surface area contributed by atoms with E-state index in [1.54, 1.807) is 0 Å². The third-order valence-electron chi connectivity index (χ3n) is 2.63. The summed E-state index contributed by atoms with van der Waals surface area (Å²) in [5.41, 5.74) is -1.23. The standard InChI is InChI=1S/C12H13F3N2O2S/c1-2-20(18,19)6-5-17-10-3-4-11(12(13,14)15)9(7-10)8-16/h3-4,7,17H,2,5-6H2,1H3. The second-order valence-electron chi connectivity index (χ2n) is 4.03. The monoisotopic (exact) mass is 306 g/mol. The molecule has 0 saturated carbocycles. The quantitative estimate of drug-likeness (QED) is 0.907. The molecule has 0 spiro atoms. The lowest BCUT2D eigenvalue weighted by molar-refractivity contribution is -0.137. The van der Waals surface area contributed by atoms with Gasteiger partial charge >= 0.3 is 6.18 Å². The third kappa shape index (κ3) is 4.42. The number of nitriles is 1. The number of hydrogen-bond acceptors (Lipinski definition) is 4. The van der Waals surface area contributed by atoms with Gasteiger partial charge in [0.1, 0.15) is 0 Å². The van der Waals surface area contributed by atoms with E-state index in [1.165, 1.54) is 19.1 Å². The number of hydrogen-bond donors (Lipinski definition) is 1. The molecule has 0 unspecified atom stereocenters. The molecule has 1 rings (SSSR count). The summed E-state index contributed by atoms with van der Waals surface area (Å²) in [5.74, 6) is -0.114. The number of nitrogens with one attached hydrogen (secondary N) is 1. The van der Waals surface area contributed by atoms with Crippen molar-refractivity contribution >= 4 is 15.5 Å². The first kappa shape index (κ1) is 16.3. The van der Waals surface area contributed by atoms with Gasteiger partial charge in [-0.15, -0.1) is 0 Å². The van der Waals surface area contributed by atoms with E-state index >= 15 is 0 Å². The van der Waals surface area contributed by atoms with Crippen molar-refractivity contribution < 1.29 is 21.6 Å². The summed E-state index contributed by atoms with van der Waals surface area (Å²) in [5, 5.41) is 11.4. The lowest BCUT2D eigenvalue weighted by Gasteiger charge is -2.11. The molecule has 4 nitrogen and oxygen atoms in total. The number of rotatable bonds is 5. The maximum atomic E-state index is 12.6. The van der Waals surface area contributed by atoms with Crippen LogP contribution in [-0.4, -0.2) is 26.5 Å². The largest absolute Gasteiger partial charge is 0.417 e. The van der Waals surface area contributed by atoms with Crippen molar-refractivity contribution in [3.63, 3.8) is 0 Å². The second kappa shape index (κ2) is 6.13. The van der Waals surface area contributed by atoms with E-state index in [0.29, 0.717) is 0 Å². The number of anilines is 1. The van der Waals surface area contributed by atoms with Crippen molar-refractivity contribution in [3.05, 3.63) is 29.3 Å². The Morgan fingerprint density at radius 1 is 1.35 bits per heavy atom. The van der Waals surface area contributed by atoms with Gasteiger partial charge in [-0.3, -0.25) is 0 Å². The topological polar surface area (TPSA) is 70.0 Å². The van der Waals surface area contributed by atoms with E-state index in [-0.39, 0.29) is 23.7 Å². The Kier molecular flexibility index (Phi) is 5.00. The first-order valence-corrected chi connectivity index (χ1v) is 7.57. The minimum atomic E-state index is -4.59. The van der Waals surface area contributed by atoms with Gasteiger partial charge in [0.2, 0.25) is 0 Å². The molecule has 1 N–H and O–H groups in total. The van der Waals surface area contributed by atoms with Gasteiger partial charge in [0.25, 0.3) is 0 Å². The van der Waals surface area contributed by atoms with Crippen molar-refractivity contribution in [1.29, 1.82) is 5.26 Å². The van der Waals surface area contributed by atoms with Crippen LogP contribution in [0.5, 0.6) is 0 Å². The van der Waals surface area contributed by atoms with Gasteiger partial charge in [0.05, 0.1) is 22.9 Å². The van der Waals surface area contributed by atoms with Crippen LogP contribution in [0.3, 0.4) is 0 Å². The van der Waals surface area contributed by atoms with Gasteiger partial charge in [-0.05, 0) is 18.2 Å². The lowest BCUT2D eigenvalue weighted by Crippen LogP contribution is -2.17. The zero-order chi connectivity index (χ0) is 15.4. The maximum Gasteiger partial charge on any atom is 0.417 e. The summed E-state index contributed by atoms with van der Waals surface area (Å²) in [7, 11) is -3.14. The van der Waals surface area contributed by atoms with E-state index in [2.05, 4.69) is 5.32 Å². The van der Waals surface area contributed by atoms with Crippen molar-refractivity contribution in [2.45, 2.75) is 13.1 Å². The minimum Gasteiger partial charge on any atom is -0.384 e. The molecular formula is C12H13F3N2O2S. The Morgan fingerprint density at radius 3 is 2.50 bits per heavy atom. The lowest BCUT2D eigenvalue weighted by atomic mass is 10.1. The molecule has 1 aromatic carbocycles. The third-order valence-corrected chi connectivity index (χ3v) is 4.33. The fourth-order valence-corrected chi connectivity index (χ4v) is 2.19. The van der Waals surface area contributed by atoms with Gasteiger partial charge in [-0.25, -0.2) is 8.42 Å². The van der Waals surface area contributed by atoms with Crippen LogP contribution in [-0.2, 0) is 16.0 Å². The molecule has 0 amide bonds. The summed E-state index contributed by atoms with van der Waals surface area (Å²) in [6.45, 7) is 1.59. The van der Waals surface area contributed by atoms with Crippen molar-refractivity contribution in [3.8, 4) is 6.07 Å². The molecule has 0 aliphatic carbocycles. The van der Waals surface area contributed by atoms with Crippen LogP contribution in [0.4, 0.5) is 18.9 Å². The highest BCUT2D eigenvalue weighted by molar-refractivity contribution is 7.91. The predicted molar refractivity (Wildman–Crippen MR) is 69.0 cm³/mol. The zero-order valence-corrected chi connectivity index (χ0v) is 11.5. The molecule has 0 fully saturated rings. The molecular weight excluding hydrogens is 293 g/mol. The van der Waals surface area contributed by atoms with Crippen LogP contribution >= 0.6 is 0 Å². The van der Waals surface area contributed by atoms with E-state index < -0.39 is 27.1 Å². The molecule has 0 radical (unpaired) electrons. The molecule has 0 aliphatic rings. The maximum absolute atomic E-state index is 12.6. The molecule has 20 heavy (non-hydrogen) atoms. The highest BCUT2D eigenvalue weighted by atomic mass is 32.2. The average Bonchev–Trinajstić information content (AvgIpc) is 2.37. The van der Waals surface area contributed by atoms with Crippen molar-refractivity contribution in [1.82, 2.24) is 0 Å². The zero-order valence-electron chi connectivity index (χ0n) is 10.7. The molecule has 0 bridgehead atoms. The van der Waals surface area contributed by atoms with Gasteiger partial charge in [0.15, 0.2) is 9.84 Å². The van der Waals surface area contributed by atoms with E-state index in [4.69, 9.17) is 5.26 Å². The van der Waals surface area contributed by atoms with Crippen molar-refractivity contribution in [2.24, 2.45) is 0 Å². The number of sulfone groups is 1. The van der Waals surface area contributed by atoms with E-state index in [0.717, 1.165) is 12.1 Å². The number of benzene rings is 1. The van der Waals surface area contributed by atoms with Gasteiger partial charge in [-0.1, -0.05) is 6.92 Å². The Bertz CT molecular complexity index is 619. The highest BCUT2D eigenvalue weighted by Gasteiger charge is 2.33. The predicted octanol–water partition coefficient (Wildman–Crippen LogP) is 2.42. The summed E-state index contributed by atoms with van der Waals surface area (Å²) >= 11 is 0. The van der Waals surface area contributed by atoms with Gasteiger partial charge in [-0.2, -0.15) is 18.4 Å². The molecule has 0 saturated heterocycles. The van der Waals surface area contributed by atoms with Crippen molar-refractivity contribution in [2.75, 3.05) is 23.4 Å². The fourth-order valence-electron chi connectivity index (χ4n) is 1.49. The number of nitrogens with zero attached hydrogens (tertiary/aromatic N) is 1. The van der Waals surface area contributed by atoms with Crippen LogP contribution in [0, 0.1) is 11.3 Å². The molecule has 1 aromatic rings. The molecule has 0 aromatic heterocycles. The SMILES string of the molecule is CCS(=O)(=O)CCNc1ccc(C(F)(F)F)c(C#N)c1. The van der Waals surface area contributed by atoms with E-state index in [1.807, 2.05) is 0 Å². The van der Waals surface area contributed by atoms with Crippen LogP contribution in [0.25, 0.3) is 0 Å². The van der Waals surface area contributed by atoms with Gasteiger partial charge in [0, 0.05) is 18.0 Å². The first-order valence-electron chi connectivity index (χ1n) is 5.75. The molecule has 8 heteroatoms. The molecule has 0 atom stereocenters. The highest BCUT2D eigenvalue weighted by Crippen LogP contribution is 2.32. The Balaban J connectivity index is 2.83. The van der Waals surface area contributed by atoms with E-state index in [9.17, 15) is 21.6 Å². The van der Waals surface area contributed by atoms with Crippen LogP contribution < -0.4 is 5.32 Å². The fraction of sp³-hybridized carbons (Fsp3) is 0.417. The van der Waals surface area contributed by atoms with Crippen LogP contribution in [0.2, 0.25) is 0 Å². The Morgan fingerprint density at radius 2 is 2.00 bits per heavy atom. The Hall–Kier alpha value is -1.75. The average molecular weight is 306 g/mol. The smallest absolute Gasteiger partial charge is 0.384 e. The Labute approximate surface area is 115 Å². The van der Waals surface area contributed by atoms with Gasteiger partial charge < -0.3 is 5.32 Å². The molecule has 0 aliphatic heterocycles. The first-order chi connectivity index (χ1) is 9.19. The summed E-state index contributed by atoms with van der Waals surface area (Å²) in [4.78, 5) is 0. The normalized spacial score (nSPS) is 11.9.